The zero-order chi connectivity index (χ0) is 45.0. The van der Waals surface area contributed by atoms with Crippen molar-refractivity contribution in [3.63, 3.8) is 0 Å². The Labute approximate surface area is 398 Å². The van der Waals surface area contributed by atoms with E-state index in [-0.39, 0.29) is 0 Å². The average molecular weight is 875 g/mol. The lowest BCUT2D eigenvalue weighted by Gasteiger charge is -2.30. The topological polar surface area (TPSA) is 43.6 Å². The van der Waals surface area contributed by atoms with Crippen LogP contribution < -0.4 is 0 Å². The van der Waals surface area contributed by atoms with Gasteiger partial charge < -0.3 is 0 Å². The summed E-state index contributed by atoms with van der Waals surface area (Å²) in [4.78, 5) is 16.1. The predicted octanol–water partition coefficient (Wildman–Crippen LogP) is 15.0. The zero-order valence-corrected chi connectivity index (χ0v) is 37.2. The molecule has 4 aliphatic carbocycles. The van der Waals surface area contributed by atoms with E-state index in [9.17, 15) is 0 Å². The van der Waals surface area contributed by atoms with Crippen LogP contribution in [0.1, 0.15) is 44.5 Å². The first-order chi connectivity index (χ1) is 34.2. The average Bonchev–Trinajstić information content (AvgIpc) is 4.17. The van der Waals surface area contributed by atoms with Crippen LogP contribution in [0.5, 0.6) is 0 Å². The number of fused-ring (bicyclic) bond motifs is 23. The van der Waals surface area contributed by atoms with Crippen molar-refractivity contribution in [2.75, 3.05) is 0 Å². The first-order valence-corrected chi connectivity index (χ1v) is 23.9. The molecule has 4 aliphatic rings. The molecule has 2 aromatic heterocycles. The minimum absolute atomic E-state index is 0.507. The Morgan fingerprint density at radius 2 is 0.551 bits per heavy atom. The van der Waals surface area contributed by atoms with E-state index in [4.69, 9.17) is 15.0 Å². The summed E-state index contributed by atoms with van der Waals surface area (Å²) in [7, 11) is 0. The lowest BCUT2D eigenvalue weighted by Crippen LogP contribution is -2.26. The predicted molar refractivity (Wildman–Crippen MR) is 278 cm³/mol. The van der Waals surface area contributed by atoms with E-state index < -0.39 is 10.8 Å². The van der Waals surface area contributed by atoms with Crippen LogP contribution in [0.4, 0.5) is 0 Å². The van der Waals surface area contributed by atoms with E-state index in [2.05, 4.69) is 199 Å². The molecule has 2 heterocycles. The maximum absolute atomic E-state index is 5.45. The largest absolute Gasteiger partial charge is 0.278 e. The van der Waals surface area contributed by atoms with Crippen molar-refractivity contribution in [3.05, 3.63) is 275 Å². The third kappa shape index (κ3) is 4.56. The Kier molecular flexibility index (Phi) is 7.18. The molecule has 0 aliphatic heterocycles. The van der Waals surface area contributed by atoms with Gasteiger partial charge in [-0.3, -0.25) is 4.57 Å². The van der Waals surface area contributed by atoms with Gasteiger partial charge in [-0.25, -0.2) is 4.98 Å². The fourth-order valence-electron chi connectivity index (χ4n) is 13.3. The second kappa shape index (κ2) is 13.3. The number of nitrogens with zero attached hydrogens (tertiary/aromatic N) is 4. The third-order valence-electron chi connectivity index (χ3n) is 15.9. The lowest BCUT2D eigenvalue weighted by atomic mass is 9.70. The first-order valence-electron chi connectivity index (χ1n) is 23.9. The molecular formula is C65H38N4. The zero-order valence-electron chi connectivity index (χ0n) is 37.2. The SMILES string of the molecule is c1ccc(-c2nc(-c3ccccc3)nc(-n3c4cc5c(cc4c4cc6c(cc43)-c3ccccc3C63c4ccccc4-c4ccccc43)C3(c4ccccc4-c4ccccc43)c3ccccc3-5)n2)cc1. The van der Waals surface area contributed by atoms with Gasteiger partial charge in [0.1, 0.15) is 0 Å². The van der Waals surface area contributed by atoms with Crippen molar-refractivity contribution in [1.82, 2.24) is 19.5 Å². The van der Waals surface area contributed by atoms with E-state index in [1.807, 2.05) is 36.4 Å². The van der Waals surface area contributed by atoms with Gasteiger partial charge in [0.2, 0.25) is 5.95 Å². The third-order valence-corrected chi connectivity index (χ3v) is 15.9. The van der Waals surface area contributed by atoms with Crippen LogP contribution in [0.2, 0.25) is 0 Å². The standard InChI is InChI=1S/C65H38N4/c1-3-19-39(20-4-1)61-66-62(40-21-5-2-6-22-40)68-63(67-61)69-59-37-47-45-27-11-17-33-55(45)64(51-29-13-7-23-41(51)42-24-8-14-30-52(42)64)57(47)35-49(59)50-36-58-48(38-60(50)69)46-28-12-18-34-56(46)65(58)53-31-15-9-25-43(53)44-26-10-16-32-54(44)65/h1-38H. The van der Waals surface area contributed by atoms with Gasteiger partial charge in [0.15, 0.2) is 11.6 Å². The molecule has 0 unspecified atom stereocenters. The fraction of sp³-hybridized carbons (Fsp3) is 0.0308. The maximum Gasteiger partial charge on any atom is 0.238 e. The minimum Gasteiger partial charge on any atom is -0.278 e. The molecular weight excluding hydrogens is 837 g/mol. The fourth-order valence-corrected chi connectivity index (χ4v) is 13.3. The molecule has 12 aromatic rings. The molecule has 69 heavy (non-hydrogen) atoms. The monoisotopic (exact) mass is 874 g/mol. The Morgan fingerprint density at radius 3 is 0.884 bits per heavy atom. The van der Waals surface area contributed by atoms with Crippen LogP contribution in [0, 0.1) is 0 Å². The number of hydrogen-bond acceptors (Lipinski definition) is 3. The smallest absolute Gasteiger partial charge is 0.238 e. The van der Waals surface area contributed by atoms with Crippen molar-refractivity contribution >= 4 is 21.8 Å². The maximum atomic E-state index is 5.45. The van der Waals surface area contributed by atoms with E-state index in [0.29, 0.717) is 17.6 Å². The summed E-state index contributed by atoms with van der Waals surface area (Å²) < 4.78 is 2.33. The quantitative estimate of drug-likeness (QED) is 0.178. The molecule has 0 atom stereocenters. The van der Waals surface area contributed by atoms with Crippen LogP contribution >= 0.6 is 0 Å². The van der Waals surface area contributed by atoms with Gasteiger partial charge >= 0.3 is 0 Å². The van der Waals surface area contributed by atoms with Crippen molar-refractivity contribution in [2.45, 2.75) is 10.8 Å². The summed E-state index contributed by atoms with van der Waals surface area (Å²) in [5.41, 5.74) is 23.6. The molecule has 4 heteroatoms. The van der Waals surface area contributed by atoms with Crippen LogP contribution in [0.3, 0.4) is 0 Å². The number of benzene rings is 10. The van der Waals surface area contributed by atoms with Gasteiger partial charge in [-0.15, -0.1) is 0 Å². The van der Waals surface area contributed by atoms with Gasteiger partial charge in [0.05, 0.1) is 21.9 Å². The second-order valence-electron chi connectivity index (χ2n) is 19.0. The highest BCUT2D eigenvalue weighted by atomic mass is 15.2. The summed E-state index contributed by atoms with van der Waals surface area (Å²) in [5, 5.41) is 2.32. The van der Waals surface area contributed by atoms with E-state index in [0.717, 1.165) is 32.9 Å². The van der Waals surface area contributed by atoms with Crippen LogP contribution in [-0.4, -0.2) is 19.5 Å². The Hall–Kier alpha value is -8.99. The molecule has 0 N–H and O–H groups in total. The van der Waals surface area contributed by atoms with Gasteiger partial charge in [0, 0.05) is 21.9 Å². The molecule has 0 saturated carbocycles. The van der Waals surface area contributed by atoms with E-state index in [1.54, 1.807) is 0 Å². The molecule has 0 amide bonds. The van der Waals surface area contributed by atoms with Crippen LogP contribution in [0.25, 0.3) is 95.0 Å². The number of aromatic nitrogens is 4. The summed E-state index contributed by atoms with van der Waals surface area (Å²) in [6.45, 7) is 0. The summed E-state index contributed by atoms with van der Waals surface area (Å²) >= 11 is 0. The van der Waals surface area contributed by atoms with Gasteiger partial charge in [0.25, 0.3) is 0 Å². The van der Waals surface area contributed by atoms with Gasteiger partial charge in [-0.2, -0.15) is 9.97 Å². The summed E-state index contributed by atoms with van der Waals surface area (Å²) in [5.74, 6) is 1.84. The van der Waals surface area contributed by atoms with Gasteiger partial charge in [-0.1, -0.05) is 206 Å². The van der Waals surface area contributed by atoms with Crippen LogP contribution in [0.15, 0.2) is 231 Å². The molecule has 2 spiro atoms. The highest BCUT2D eigenvalue weighted by Gasteiger charge is 2.53. The summed E-state index contributed by atoms with van der Waals surface area (Å²) in [6, 6.07) is 85.0. The molecule has 0 saturated heterocycles. The van der Waals surface area contributed by atoms with Crippen molar-refractivity contribution in [1.29, 1.82) is 0 Å². The number of rotatable bonds is 3. The van der Waals surface area contributed by atoms with Gasteiger partial charge in [-0.05, 0) is 113 Å². The normalized spacial score (nSPS) is 14.3. The number of hydrogen-bond donors (Lipinski definition) is 0. The lowest BCUT2D eigenvalue weighted by molar-refractivity contribution is 0.794. The molecule has 4 nitrogen and oxygen atoms in total. The molecule has 0 radical (unpaired) electrons. The first kappa shape index (κ1) is 37.1. The molecule has 318 valence electrons. The molecule has 0 bridgehead atoms. The molecule has 16 rings (SSSR count). The Morgan fingerprint density at radius 1 is 0.261 bits per heavy atom. The van der Waals surface area contributed by atoms with E-state index in [1.165, 1.54) is 89.0 Å². The Balaban J connectivity index is 1.08. The molecule has 10 aromatic carbocycles. The highest BCUT2D eigenvalue weighted by Crippen LogP contribution is 2.66. The van der Waals surface area contributed by atoms with Crippen LogP contribution in [-0.2, 0) is 10.8 Å². The summed E-state index contributed by atoms with van der Waals surface area (Å²) in [6.07, 6.45) is 0. The van der Waals surface area contributed by atoms with Crippen molar-refractivity contribution in [3.8, 4) is 73.2 Å². The van der Waals surface area contributed by atoms with E-state index >= 15 is 0 Å². The highest BCUT2D eigenvalue weighted by molar-refractivity contribution is 6.14. The van der Waals surface area contributed by atoms with Crippen molar-refractivity contribution < 1.29 is 0 Å². The minimum atomic E-state index is -0.507. The van der Waals surface area contributed by atoms with Crippen molar-refractivity contribution in [2.24, 2.45) is 0 Å². The Bertz CT molecular complexity index is 3850. The second-order valence-corrected chi connectivity index (χ2v) is 19.0. The molecule has 0 fully saturated rings.